The van der Waals surface area contributed by atoms with Crippen LogP contribution in [0.15, 0.2) is 216 Å². The maximum Gasteiger partial charge on any atom is 0.160 e. The maximum absolute atomic E-state index is 5.31. The van der Waals surface area contributed by atoms with E-state index in [-0.39, 0.29) is 0 Å². The average molecular weight is 755 g/mol. The van der Waals surface area contributed by atoms with E-state index >= 15 is 0 Å². The van der Waals surface area contributed by atoms with Gasteiger partial charge in [-0.15, -0.1) is 0 Å². The van der Waals surface area contributed by atoms with Gasteiger partial charge in [0, 0.05) is 26.5 Å². The molecule has 12 rings (SSSR count). The summed E-state index contributed by atoms with van der Waals surface area (Å²) in [5.41, 5.74) is 14.5. The molecule has 3 heteroatoms. The highest BCUT2D eigenvalue weighted by molar-refractivity contribution is 8.00. The number of nitrogens with zero attached hydrogens (tertiary/aromatic N) is 2. The van der Waals surface area contributed by atoms with Crippen LogP contribution in [0.2, 0.25) is 0 Å². The third kappa shape index (κ3) is 4.93. The second-order valence-electron chi connectivity index (χ2n) is 15.3. The van der Waals surface area contributed by atoms with Crippen LogP contribution in [0, 0.1) is 0 Å². The Labute approximate surface area is 341 Å². The zero-order valence-corrected chi connectivity index (χ0v) is 32.2. The van der Waals surface area contributed by atoms with E-state index < -0.39 is 5.41 Å². The number of benzene rings is 9. The van der Waals surface area contributed by atoms with Crippen molar-refractivity contribution in [2.45, 2.75) is 15.2 Å². The normalized spacial score (nSPS) is 13.2. The Balaban J connectivity index is 1.09. The van der Waals surface area contributed by atoms with E-state index in [0.717, 1.165) is 28.1 Å². The van der Waals surface area contributed by atoms with Gasteiger partial charge in [0.2, 0.25) is 0 Å². The van der Waals surface area contributed by atoms with Crippen molar-refractivity contribution in [3.05, 3.63) is 229 Å². The maximum atomic E-state index is 5.31. The lowest BCUT2D eigenvalue weighted by atomic mass is 9.66. The van der Waals surface area contributed by atoms with Gasteiger partial charge in [-0.2, -0.15) is 0 Å². The third-order valence-corrected chi connectivity index (χ3v) is 13.4. The fourth-order valence-corrected chi connectivity index (χ4v) is 11.0. The lowest BCUT2D eigenvalue weighted by molar-refractivity contribution is 0.729. The predicted molar refractivity (Wildman–Crippen MR) is 240 cm³/mol. The smallest absolute Gasteiger partial charge is 0.160 e. The Hall–Kier alpha value is -7.07. The Morgan fingerprint density at radius 1 is 0.328 bits per heavy atom. The van der Waals surface area contributed by atoms with Crippen LogP contribution in [0.25, 0.3) is 77.7 Å². The molecule has 0 saturated carbocycles. The van der Waals surface area contributed by atoms with Crippen molar-refractivity contribution in [1.29, 1.82) is 0 Å². The highest BCUT2D eigenvalue weighted by Gasteiger charge is 2.51. The van der Waals surface area contributed by atoms with Gasteiger partial charge in [-0.05, 0) is 78.2 Å². The molecule has 1 aromatic heterocycles. The topological polar surface area (TPSA) is 25.8 Å². The van der Waals surface area contributed by atoms with Crippen LogP contribution < -0.4 is 0 Å². The van der Waals surface area contributed by atoms with Crippen molar-refractivity contribution >= 4 is 33.3 Å². The first-order chi connectivity index (χ1) is 28.7. The minimum atomic E-state index is -0.507. The molecule has 0 fully saturated rings. The van der Waals surface area contributed by atoms with Crippen molar-refractivity contribution in [3.8, 4) is 56.2 Å². The summed E-state index contributed by atoms with van der Waals surface area (Å²) < 4.78 is 0. The largest absolute Gasteiger partial charge is 0.228 e. The zero-order chi connectivity index (χ0) is 38.2. The SMILES string of the molecule is c1ccc(-c2ccc(-c3cc(-c4ccccc4)nc(-c4ccc5c(c4)-c4ccccc4C54c5ccc6ccccc6c5Sc5c4ccc4ccccc54)n3)cc2)cc1. The van der Waals surface area contributed by atoms with E-state index in [2.05, 4.69) is 200 Å². The first-order valence-corrected chi connectivity index (χ1v) is 20.6. The molecule has 2 heterocycles. The summed E-state index contributed by atoms with van der Waals surface area (Å²) in [5, 5.41) is 5.10. The van der Waals surface area contributed by atoms with Crippen LogP contribution in [0.3, 0.4) is 0 Å². The summed E-state index contributed by atoms with van der Waals surface area (Å²) >= 11 is 1.93. The number of hydrogen-bond donors (Lipinski definition) is 0. The van der Waals surface area contributed by atoms with Crippen LogP contribution >= 0.6 is 11.8 Å². The minimum absolute atomic E-state index is 0.507. The van der Waals surface area contributed by atoms with Gasteiger partial charge in [0.05, 0.1) is 16.8 Å². The molecule has 0 radical (unpaired) electrons. The van der Waals surface area contributed by atoms with E-state index in [0.29, 0.717) is 5.82 Å². The molecule has 1 aliphatic carbocycles. The molecule has 270 valence electrons. The predicted octanol–water partition coefficient (Wildman–Crippen LogP) is 14.3. The summed E-state index contributed by atoms with van der Waals surface area (Å²) in [4.78, 5) is 13.2. The van der Waals surface area contributed by atoms with Crippen molar-refractivity contribution in [2.24, 2.45) is 0 Å². The quantitative estimate of drug-likeness (QED) is 0.179. The molecule has 1 aliphatic heterocycles. The molecule has 2 aliphatic rings. The summed E-state index contributed by atoms with van der Waals surface area (Å²) in [6.45, 7) is 0. The molecule has 0 amide bonds. The van der Waals surface area contributed by atoms with E-state index in [1.54, 1.807) is 0 Å². The van der Waals surface area contributed by atoms with E-state index in [1.807, 2.05) is 17.8 Å². The van der Waals surface area contributed by atoms with Crippen molar-refractivity contribution < 1.29 is 0 Å². The first-order valence-electron chi connectivity index (χ1n) is 19.8. The summed E-state index contributed by atoms with van der Waals surface area (Å²) in [6.07, 6.45) is 0. The summed E-state index contributed by atoms with van der Waals surface area (Å²) in [7, 11) is 0. The third-order valence-electron chi connectivity index (χ3n) is 12.2. The molecule has 0 saturated heterocycles. The standard InChI is InChI=1S/C55H34N2S/c1-3-13-35(14-4-1)36-23-25-40(26-24-36)51-34-50(39-17-5-2-6-18-39)56-54(57-51)41-29-30-47-45(33-41)44-21-11-12-22-46(44)55(47)48-31-27-37-15-7-9-19-42(37)52(48)58-53-43-20-10-8-16-38(43)28-32-49(53)55/h1-34H. The molecule has 1 spiro atoms. The van der Waals surface area contributed by atoms with Gasteiger partial charge in [0.15, 0.2) is 5.82 Å². The van der Waals surface area contributed by atoms with E-state index in [4.69, 9.17) is 9.97 Å². The van der Waals surface area contributed by atoms with Gasteiger partial charge in [0.1, 0.15) is 0 Å². The molecule has 58 heavy (non-hydrogen) atoms. The molecular weight excluding hydrogens is 721 g/mol. The van der Waals surface area contributed by atoms with Crippen LogP contribution in [0.4, 0.5) is 0 Å². The Morgan fingerprint density at radius 2 is 0.793 bits per heavy atom. The number of fused-ring (bicyclic) bond motifs is 13. The van der Waals surface area contributed by atoms with Crippen LogP contribution in [-0.2, 0) is 5.41 Å². The number of aromatic nitrogens is 2. The van der Waals surface area contributed by atoms with Crippen LogP contribution in [-0.4, -0.2) is 9.97 Å². The van der Waals surface area contributed by atoms with E-state index in [9.17, 15) is 0 Å². The first kappa shape index (κ1) is 33.1. The van der Waals surface area contributed by atoms with Gasteiger partial charge in [0.25, 0.3) is 0 Å². The minimum Gasteiger partial charge on any atom is -0.228 e. The van der Waals surface area contributed by atoms with Gasteiger partial charge >= 0.3 is 0 Å². The lowest BCUT2D eigenvalue weighted by Crippen LogP contribution is -2.32. The molecule has 0 unspecified atom stereocenters. The second kappa shape index (κ2) is 13.0. The molecular formula is C55H34N2S. The fourth-order valence-electron chi connectivity index (χ4n) is 9.49. The zero-order valence-electron chi connectivity index (χ0n) is 31.4. The van der Waals surface area contributed by atoms with E-state index in [1.165, 1.54) is 75.8 Å². The number of rotatable bonds is 4. The Kier molecular flexibility index (Phi) is 7.41. The van der Waals surface area contributed by atoms with Crippen molar-refractivity contribution in [1.82, 2.24) is 9.97 Å². The highest BCUT2D eigenvalue weighted by atomic mass is 32.2. The van der Waals surface area contributed by atoms with Crippen molar-refractivity contribution in [2.75, 3.05) is 0 Å². The summed E-state index contributed by atoms with van der Waals surface area (Å²) in [5.74, 6) is 0.710. The van der Waals surface area contributed by atoms with Gasteiger partial charge in [-0.3, -0.25) is 0 Å². The second-order valence-corrected chi connectivity index (χ2v) is 16.3. The summed E-state index contributed by atoms with van der Waals surface area (Å²) in [6, 6.07) is 74.9. The van der Waals surface area contributed by atoms with Crippen LogP contribution in [0.1, 0.15) is 22.3 Å². The average Bonchev–Trinajstić information content (AvgIpc) is 3.59. The molecule has 10 aromatic rings. The molecule has 0 bridgehead atoms. The molecule has 2 nitrogen and oxygen atoms in total. The van der Waals surface area contributed by atoms with Gasteiger partial charge in [-0.25, -0.2) is 9.97 Å². The van der Waals surface area contributed by atoms with Gasteiger partial charge in [-0.1, -0.05) is 206 Å². The number of hydrogen-bond acceptors (Lipinski definition) is 3. The Morgan fingerprint density at radius 3 is 1.45 bits per heavy atom. The monoisotopic (exact) mass is 754 g/mol. The molecule has 0 atom stereocenters. The van der Waals surface area contributed by atoms with Gasteiger partial charge < -0.3 is 0 Å². The molecule has 9 aromatic carbocycles. The highest BCUT2D eigenvalue weighted by Crippen LogP contribution is 2.64. The fraction of sp³-hybridized carbons (Fsp3) is 0.0182. The lowest BCUT2D eigenvalue weighted by Gasteiger charge is -2.40. The Bertz CT molecular complexity index is 3160. The molecule has 0 N–H and O–H groups in total. The van der Waals surface area contributed by atoms with Crippen molar-refractivity contribution in [3.63, 3.8) is 0 Å². The van der Waals surface area contributed by atoms with Crippen LogP contribution in [0.5, 0.6) is 0 Å².